The van der Waals surface area contributed by atoms with E-state index in [0.717, 1.165) is 4.90 Å². The summed E-state index contributed by atoms with van der Waals surface area (Å²) < 4.78 is 37.6. The van der Waals surface area contributed by atoms with Gasteiger partial charge < -0.3 is 4.90 Å². The lowest BCUT2D eigenvalue weighted by Gasteiger charge is -2.23. The van der Waals surface area contributed by atoms with Gasteiger partial charge in [-0.05, 0) is 24.6 Å². The van der Waals surface area contributed by atoms with E-state index in [1.807, 2.05) is 0 Å². The van der Waals surface area contributed by atoms with Crippen molar-refractivity contribution < 1.29 is 27.6 Å². The molecule has 2 aliphatic rings. The molecule has 0 aromatic heterocycles. The number of hydrogen-bond acceptors (Lipinski definition) is 4. The summed E-state index contributed by atoms with van der Waals surface area (Å²) in [6, 6.07) is 4.31. The van der Waals surface area contributed by atoms with E-state index >= 15 is 0 Å². The van der Waals surface area contributed by atoms with Crippen LogP contribution in [0.4, 0.5) is 13.2 Å². The summed E-state index contributed by atoms with van der Waals surface area (Å²) in [7, 11) is 1.37. The second-order valence-corrected chi connectivity index (χ2v) is 6.47. The molecule has 140 valence electrons. The molecule has 0 bridgehead atoms. The molecular formula is C17H18F3N3O3. The van der Waals surface area contributed by atoms with Gasteiger partial charge in [-0.2, -0.15) is 13.2 Å². The minimum Gasteiger partial charge on any atom is -0.337 e. The van der Waals surface area contributed by atoms with Gasteiger partial charge in [0.25, 0.3) is 17.7 Å². The summed E-state index contributed by atoms with van der Waals surface area (Å²) in [5.41, 5.74) is 0.683. The highest BCUT2D eigenvalue weighted by Gasteiger charge is 2.34. The van der Waals surface area contributed by atoms with E-state index in [9.17, 15) is 27.6 Å². The molecule has 0 unspecified atom stereocenters. The Balaban J connectivity index is 1.73. The van der Waals surface area contributed by atoms with Crippen molar-refractivity contribution in [2.45, 2.75) is 12.6 Å². The number of nitrogens with zero attached hydrogens (tertiary/aromatic N) is 3. The van der Waals surface area contributed by atoms with Crippen molar-refractivity contribution in [3.63, 3.8) is 0 Å². The Bertz CT molecular complexity index is 763. The van der Waals surface area contributed by atoms with Crippen LogP contribution in [0.5, 0.6) is 0 Å². The van der Waals surface area contributed by atoms with Gasteiger partial charge in [0.2, 0.25) is 0 Å². The Morgan fingerprint density at radius 3 is 2.42 bits per heavy atom. The zero-order valence-corrected chi connectivity index (χ0v) is 14.2. The summed E-state index contributed by atoms with van der Waals surface area (Å²) in [4.78, 5) is 40.4. The first-order valence-electron chi connectivity index (χ1n) is 8.22. The average Bonchev–Trinajstić information content (AvgIpc) is 2.75. The highest BCUT2D eigenvalue weighted by atomic mass is 19.4. The molecule has 3 rings (SSSR count). The van der Waals surface area contributed by atoms with Crippen LogP contribution in [-0.4, -0.2) is 78.4 Å². The number of carbonyl (C=O) groups is 3. The molecular weight excluding hydrogens is 351 g/mol. The van der Waals surface area contributed by atoms with E-state index in [2.05, 4.69) is 0 Å². The number of benzene rings is 1. The predicted octanol–water partition coefficient (Wildman–Crippen LogP) is 1.62. The second-order valence-electron chi connectivity index (χ2n) is 6.47. The molecule has 0 saturated carbocycles. The monoisotopic (exact) mass is 369 g/mol. The highest BCUT2D eigenvalue weighted by Crippen LogP contribution is 2.24. The Morgan fingerprint density at radius 1 is 1.04 bits per heavy atom. The van der Waals surface area contributed by atoms with Crippen LogP contribution in [-0.2, 0) is 0 Å². The van der Waals surface area contributed by atoms with E-state index in [4.69, 9.17) is 0 Å². The highest BCUT2D eigenvalue weighted by molar-refractivity contribution is 6.21. The quantitative estimate of drug-likeness (QED) is 0.744. The van der Waals surface area contributed by atoms with Gasteiger partial charge in [0.1, 0.15) is 0 Å². The van der Waals surface area contributed by atoms with Crippen LogP contribution in [0.15, 0.2) is 18.2 Å². The van der Waals surface area contributed by atoms with Gasteiger partial charge in [-0.25, -0.2) is 0 Å². The standard InChI is InChI=1S/C17H18F3N3O3/c1-21-15(25)12-4-3-11(9-13(12)16(21)26)14(24)23-6-2-5-22(7-8-23)10-17(18,19)20/h3-4,9H,2,5-8,10H2,1H3. The third-order valence-corrected chi connectivity index (χ3v) is 4.62. The molecule has 0 radical (unpaired) electrons. The Hall–Kier alpha value is -2.42. The second kappa shape index (κ2) is 6.71. The fourth-order valence-electron chi connectivity index (χ4n) is 3.26. The smallest absolute Gasteiger partial charge is 0.337 e. The number of alkyl halides is 3. The molecule has 1 aromatic carbocycles. The molecule has 6 nitrogen and oxygen atoms in total. The molecule has 0 atom stereocenters. The number of rotatable bonds is 2. The van der Waals surface area contributed by atoms with Crippen molar-refractivity contribution in [2.75, 3.05) is 39.8 Å². The fraction of sp³-hybridized carbons (Fsp3) is 0.471. The first-order valence-corrected chi connectivity index (χ1v) is 8.22. The molecule has 1 saturated heterocycles. The minimum atomic E-state index is -4.27. The summed E-state index contributed by atoms with van der Waals surface area (Å²) in [6.45, 7) is -0.0612. The summed E-state index contributed by atoms with van der Waals surface area (Å²) in [6.07, 6.45) is -3.83. The van der Waals surface area contributed by atoms with Crippen molar-refractivity contribution in [1.29, 1.82) is 0 Å². The van der Waals surface area contributed by atoms with Gasteiger partial charge in [0, 0.05) is 38.8 Å². The van der Waals surface area contributed by atoms with E-state index in [0.29, 0.717) is 13.0 Å². The first-order chi connectivity index (χ1) is 12.2. The van der Waals surface area contributed by atoms with E-state index < -0.39 is 24.5 Å². The van der Waals surface area contributed by atoms with Gasteiger partial charge in [0.15, 0.2) is 0 Å². The SMILES string of the molecule is CN1C(=O)c2ccc(C(=O)N3CCCN(CC(F)(F)F)CC3)cc2C1=O. The molecule has 9 heteroatoms. The Labute approximate surface area is 148 Å². The van der Waals surface area contributed by atoms with Crippen molar-refractivity contribution in [2.24, 2.45) is 0 Å². The maximum Gasteiger partial charge on any atom is 0.401 e. The lowest BCUT2D eigenvalue weighted by molar-refractivity contribution is -0.145. The van der Waals surface area contributed by atoms with Crippen LogP contribution >= 0.6 is 0 Å². The lowest BCUT2D eigenvalue weighted by Crippen LogP contribution is -2.38. The fourth-order valence-corrected chi connectivity index (χ4v) is 3.26. The van der Waals surface area contributed by atoms with E-state index in [1.54, 1.807) is 0 Å². The minimum absolute atomic E-state index is 0.135. The van der Waals surface area contributed by atoms with Crippen molar-refractivity contribution in [3.05, 3.63) is 34.9 Å². The van der Waals surface area contributed by atoms with Crippen LogP contribution in [0.1, 0.15) is 37.5 Å². The molecule has 0 spiro atoms. The Morgan fingerprint density at radius 2 is 1.73 bits per heavy atom. The van der Waals surface area contributed by atoms with Crippen molar-refractivity contribution in [3.8, 4) is 0 Å². The summed E-state index contributed by atoms with van der Waals surface area (Å²) >= 11 is 0. The molecule has 3 amide bonds. The molecule has 2 aliphatic heterocycles. The van der Waals surface area contributed by atoms with Crippen molar-refractivity contribution >= 4 is 17.7 Å². The van der Waals surface area contributed by atoms with Crippen molar-refractivity contribution in [1.82, 2.24) is 14.7 Å². The number of fused-ring (bicyclic) bond motifs is 1. The van der Waals surface area contributed by atoms with Crippen LogP contribution in [0, 0.1) is 0 Å². The summed E-state index contributed by atoms with van der Waals surface area (Å²) in [5.74, 6) is -1.23. The number of hydrogen-bond donors (Lipinski definition) is 0. The van der Waals surface area contributed by atoms with Gasteiger partial charge in [-0.1, -0.05) is 0 Å². The normalized spacial score (nSPS) is 18.9. The number of imide groups is 1. The lowest BCUT2D eigenvalue weighted by atomic mass is 10.0. The third-order valence-electron chi connectivity index (χ3n) is 4.62. The molecule has 0 N–H and O–H groups in total. The zero-order chi connectivity index (χ0) is 19.1. The van der Waals surface area contributed by atoms with Crippen LogP contribution in [0.25, 0.3) is 0 Å². The first kappa shape index (κ1) is 18.4. The summed E-state index contributed by atoms with van der Waals surface area (Å²) in [5, 5.41) is 0. The van der Waals surface area contributed by atoms with Gasteiger partial charge in [-0.3, -0.25) is 24.2 Å². The number of carbonyl (C=O) groups excluding carboxylic acids is 3. The third kappa shape index (κ3) is 3.57. The number of halogens is 3. The van der Waals surface area contributed by atoms with Crippen LogP contribution in [0.3, 0.4) is 0 Å². The van der Waals surface area contributed by atoms with E-state index in [1.165, 1.54) is 35.0 Å². The largest absolute Gasteiger partial charge is 0.401 e. The van der Waals surface area contributed by atoms with Crippen LogP contribution < -0.4 is 0 Å². The van der Waals surface area contributed by atoms with Gasteiger partial charge in [0.05, 0.1) is 17.7 Å². The van der Waals surface area contributed by atoms with E-state index in [-0.39, 0.29) is 42.2 Å². The maximum atomic E-state index is 12.7. The maximum absolute atomic E-state index is 12.7. The van der Waals surface area contributed by atoms with Gasteiger partial charge in [-0.15, -0.1) is 0 Å². The topological polar surface area (TPSA) is 60.9 Å². The molecule has 2 heterocycles. The molecule has 1 aromatic rings. The Kier molecular flexibility index (Phi) is 4.74. The zero-order valence-electron chi connectivity index (χ0n) is 14.2. The predicted molar refractivity (Wildman–Crippen MR) is 85.9 cm³/mol. The molecule has 26 heavy (non-hydrogen) atoms. The molecule has 1 fully saturated rings. The molecule has 0 aliphatic carbocycles. The average molecular weight is 369 g/mol. The number of amides is 3. The van der Waals surface area contributed by atoms with Crippen LogP contribution in [0.2, 0.25) is 0 Å². The van der Waals surface area contributed by atoms with Gasteiger partial charge >= 0.3 is 6.18 Å².